The van der Waals surface area contributed by atoms with Crippen LogP contribution < -0.4 is 11.1 Å². The van der Waals surface area contributed by atoms with Gasteiger partial charge in [0.2, 0.25) is 11.5 Å². The van der Waals surface area contributed by atoms with Crippen LogP contribution in [0.2, 0.25) is 0 Å². The molecule has 0 saturated heterocycles. The predicted molar refractivity (Wildman–Crippen MR) is 71.0 cm³/mol. The van der Waals surface area contributed by atoms with Gasteiger partial charge in [-0.15, -0.1) is 0 Å². The fourth-order valence-electron chi connectivity index (χ4n) is 1.50. The molecule has 0 radical (unpaired) electrons. The van der Waals surface area contributed by atoms with Crippen molar-refractivity contribution in [1.29, 1.82) is 0 Å². The zero-order valence-electron chi connectivity index (χ0n) is 10.7. The van der Waals surface area contributed by atoms with E-state index < -0.39 is 15.7 Å². The number of nitrogens with zero attached hydrogens (tertiary/aromatic N) is 2. The zero-order chi connectivity index (χ0) is 14.9. The number of hydrogen-bond acceptors (Lipinski definition) is 7. The summed E-state index contributed by atoms with van der Waals surface area (Å²) in [4.78, 5) is 12.0. The van der Waals surface area contributed by atoms with Crippen LogP contribution in [0.15, 0.2) is 27.7 Å². The molecule has 0 unspecified atom stereocenters. The molecule has 2 rings (SSSR count). The third kappa shape index (κ3) is 2.77. The number of carbonyl (C=O) groups excluding carboxylic acids is 1. The van der Waals surface area contributed by atoms with Crippen LogP contribution in [-0.4, -0.2) is 30.9 Å². The van der Waals surface area contributed by atoms with Crippen molar-refractivity contribution in [3.8, 4) is 0 Å². The summed E-state index contributed by atoms with van der Waals surface area (Å²) in [5, 5.41) is 9.18. The maximum absolute atomic E-state index is 11.9. The second-order valence-electron chi connectivity index (χ2n) is 4.20. The SMILES string of the molecule is Cc1ccc(S(C)(=O)=O)cc1NC(=O)c1nonc1N. The topological polar surface area (TPSA) is 128 Å². The average Bonchev–Trinajstić information content (AvgIpc) is 2.77. The van der Waals surface area contributed by atoms with Gasteiger partial charge in [-0.25, -0.2) is 13.0 Å². The standard InChI is InChI=1S/C11H12N4O4S/c1-6-3-4-7(20(2,17)18)5-8(6)13-11(16)9-10(12)15-19-14-9/h3-5H,1-2H3,(H2,12,15)(H,13,16). The number of carbonyl (C=O) groups is 1. The summed E-state index contributed by atoms with van der Waals surface area (Å²) in [5.74, 6) is -0.767. The number of anilines is 2. The summed E-state index contributed by atoms with van der Waals surface area (Å²) in [5.41, 5.74) is 6.29. The first-order valence-corrected chi connectivity index (χ1v) is 7.38. The molecular formula is C11H12N4O4S. The summed E-state index contributed by atoms with van der Waals surface area (Å²) in [6.45, 7) is 1.73. The van der Waals surface area contributed by atoms with E-state index in [0.717, 1.165) is 6.26 Å². The average molecular weight is 296 g/mol. The van der Waals surface area contributed by atoms with Gasteiger partial charge in [0.25, 0.3) is 5.91 Å². The van der Waals surface area contributed by atoms with Gasteiger partial charge < -0.3 is 11.1 Å². The Bertz CT molecular complexity index is 766. The number of hydrogen-bond donors (Lipinski definition) is 2. The van der Waals surface area contributed by atoms with Crippen molar-refractivity contribution in [3.05, 3.63) is 29.5 Å². The molecule has 1 aromatic carbocycles. The van der Waals surface area contributed by atoms with E-state index >= 15 is 0 Å². The minimum absolute atomic E-state index is 0.102. The van der Waals surface area contributed by atoms with E-state index in [1.54, 1.807) is 13.0 Å². The molecule has 20 heavy (non-hydrogen) atoms. The van der Waals surface area contributed by atoms with Crippen molar-refractivity contribution in [2.45, 2.75) is 11.8 Å². The Morgan fingerprint density at radius 1 is 1.35 bits per heavy atom. The van der Waals surface area contributed by atoms with Crippen molar-refractivity contribution in [2.75, 3.05) is 17.3 Å². The number of aromatic nitrogens is 2. The maximum atomic E-state index is 11.9. The molecule has 0 bridgehead atoms. The number of aryl methyl sites for hydroxylation is 1. The molecular weight excluding hydrogens is 284 g/mol. The van der Waals surface area contributed by atoms with E-state index in [1.807, 2.05) is 0 Å². The van der Waals surface area contributed by atoms with Crippen LogP contribution in [-0.2, 0) is 9.84 Å². The van der Waals surface area contributed by atoms with E-state index in [1.165, 1.54) is 12.1 Å². The lowest BCUT2D eigenvalue weighted by Gasteiger charge is -2.08. The molecule has 8 nitrogen and oxygen atoms in total. The molecule has 3 N–H and O–H groups in total. The fraction of sp³-hybridized carbons (Fsp3) is 0.182. The Balaban J connectivity index is 2.34. The van der Waals surface area contributed by atoms with Gasteiger partial charge in [-0.1, -0.05) is 6.07 Å². The summed E-state index contributed by atoms with van der Waals surface area (Å²) >= 11 is 0. The van der Waals surface area contributed by atoms with Crippen LogP contribution in [0.1, 0.15) is 16.1 Å². The monoisotopic (exact) mass is 296 g/mol. The van der Waals surface area contributed by atoms with Crippen molar-refractivity contribution >= 4 is 27.2 Å². The summed E-state index contributed by atoms with van der Waals surface area (Å²) in [7, 11) is -3.36. The molecule has 0 atom stereocenters. The smallest absolute Gasteiger partial charge is 0.281 e. The van der Waals surface area contributed by atoms with Gasteiger partial charge in [-0.05, 0) is 34.9 Å². The van der Waals surface area contributed by atoms with Gasteiger partial charge in [-0.2, -0.15) is 0 Å². The Hall–Kier alpha value is -2.42. The lowest BCUT2D eigenvalue weighted by molar-refractivity contribution is 0.101. The summed E-state index contributed by atoms with van der Waals surface area (Å²) in [6, 6.07) is 4.43. The van der Waals surface area contributed by atoms with Crippen LogP contribution >= 0.6 is 0 Å². The molecule has 106 valence electrons. The Labute approximate surface area is 114 Å². The Morgan fingerprint density at radius 2 is 2.05 bits per heavy atom. The number of benzene rings is 1. The second kappa shape index (κ2) is 4.93. The van der Waals surface area contributed by atoms with Gasteiger partial charge in [0.05, 0.1) is 4.90 Å². The van der Waals surface area contributed by atoms with Crippen LogP contribution in [0.3, 0.4) is 0 Å². The molecule has 1 heterocycles. The molecule has 0 saturated carbocycles. The van der Waals surface area contributed by atoms with Crippen molar-refractivity contribution in [2.24, 2.45) is 0 Å². The van der Waals surface area contributed by atoms with Crippen molar-refractivity contribution in [3.63, 3.8) is 0 Å². The first-order valence-electron chi connectivity index (χ1n) is 5.49. The quantitative estimate of drug-likeness (QED) is 0.849. The highest BCUT2D eigenvalue weighted by molar-refractivity contribution is 7.90. The highest BCUT2D eigenvalue weighted by atomic mass is 32.2. The van der Waals surface area contributed by atoms with Gasteiger partial charge in [0, 0.05) is 11.9 Å². The maximum Gasteiger partial charge on any atom is 0.281 e. The van der Waals surface area contributed by atoms with Crippen LogP contribution in [0.5, 0.6) is 0 Å². The molecule has 9 heteroatoms. The van der Waals surface area contributed by atoms with E-state index in [0.29, 0.717) is 11.3 Å². The number of nitrogens with two attached hydrogens (primary N) is 1. The van der Waals surface area contributed by atoms with Gasteiger partial charge in [0.15, 0.2) is 9.84 Å². The summed E-state index contributed by atoms with van der Waals surface area (Å²) < 4.78 is 27.3. The first kappa shape index (κ1) is 14.0. The van der Waals surface area contributed by atoms with Crippen LogP contribution in [0.4, 0.5) is 11.5 Å². The summed E-state index contributed by atoms with van der Waals surface area (Å²) in [6.07, 6.45) is 1.09. The lowest BCUT2D eigenvalue weighted by atomic mass is 10.2. The lowest BCUT2D eigenvalue weighted by Crippen LogP contribution is -2.15. The highest BCUT2D eigenvalue weighted by Gasteiger charge is 2.18. The number of nitrogen functional groups attached to an aromatic ring is 1. The first-order chi connectivity index (χ1) is 9.29. The van der Waals surface area contributed by atoms with E-state index in [9.17, 15) is 13.2 Å². The fourth-order valence-corrected chi connectivity index (χ4v) is 2.15. The van der Waals surface area contributed by atoms with E-state index in [-0.39, 0.29) is 16.4 Å². The largest absolute Gasteiger partial charge is 0.379 e. The highest BCUT2D eigenvalue weighted by Crippen LogP contribution is 2.21. The van der Waals surface area contributed by atoms with E-state index in [4.69, 9.17) is 5.73 Å². The molecule has 0 aliphatic rings. The minimum Gasteiger partial charge on any atom is -0.379 e. The Morgan fingerprint density at radius 3 is 2.60 bits per heavy atom. The molecule has 2 aromatic rings. The van der Waals surface area contributed by atoms with Crippen LogP contribution in [0, 0.1) is 6.92 Å². The number of amides is 1. The van der Waals surface area contributed by atoms with Crippen LogP contribution in [0.25, 0.3) is 0 Å². The minimum atomic E-state index is -3.36. The molecule has 0 aliphatic heterocycles. The molecule has 0 aliphatic carbocycles. The molecule has 1 aromatic heterocycles. The van der Waals surface area contributed by atoms with Gasteiger partial charge >= 0.3 is 0 Å². The third-order valence-electron chi connectivity index (χ3n) is 2.61. The molecule has 1 amide bonds. The van der Waals surface area contributed by atoms with E-state index in [2.05, 4.69) is 20.3 Å². The van der Waals surface area contributed by atoms with Gasteiger partial charge in [0.1, 0.15) is 0 Å². The van der Waals surface area contributed by atoms with Crippen molar-refractivity contribution in [1.82, 2.24) is 10.3 Å². The Kier molecular flexibility index (Phi) is 3.45. The zero-order valence-corrected chi connectivity index (χ0v) is 11.6. The molecule has 0 spiro atoms. The molecule has 0 fully saturated rings. The van der Waals surface area contributed by atoms with Crippen molar-refractivity contribution < 1.29 is 17.8 Å². The number of sulfone groups is 1. The number of rotatable bonds is 3. The number of nitrogens with one attached hydrogen (secondary N) is 1. The normalized spacial score (nSPS) is 11.3. The second-order valence-corrected chi connectivity index (χ2v) is 6.22. The van der Waals surface area contributed by atoms with Gasteiger partial charge in [-0.3, -0.25) is 4.79 Å². The third-order valence-corrected chi connectivity index (χ3v) is 3.72. The predicted octanol–water partition coefficient (Wildman–Crippen LogP) is 0.616.